The standard InChI is InChI=1S/C20H26ClN5O/c1-2-4-18-19(23-24-26(18)17-6-3-5-16(21)11-17)20(27)25-9-7-14-12-22-13-15(14)8-10-25/h3,5-6,11,14-15,22H,2,4,7-10,12-13H2,1H3/t14-,15+. The fourth-order valence-electron chi connectivity index (χ4n) is 4.32. The van der Waals surface area contributed by atoms with Gasteiger partial charge in [-0.3, -0.25) is 4.79 Å². The Bertz CT molecular complexity index is 806. The Morgan fingerprint density at radius 3 is 2.67 bits per heavy atom. The van der Waals surface area contributed by atoms with Gasteiger partial charge in [-0.2, -0.15) is 0 Å². The molecule has 1 aromatic carbocycles. The van der Waals surface area contributed by atoms with E-state index in [4.69, 9.17) is 11.6 Å². The van der Waals surface area contributed by atoms with E-state index < -0.39 is 0 Å². The number of halogens is 1. The van der Waals surface area contributed by atoms with Crippen LogP contribution in [-0.4, -0.2) is 52.0 Å². The second-order valence-corrected chi connectivity index (χ2v) is 8.01. The molecule has 2 aliphatic rings. The molecule has 0 saturated carbocycles. The zero-order chi connectivity index (χ0) is 18.8. The fraction of sp³-hybridized carbons (Fsp3) is 0.550. The number of aromatic nitrogens is 3. The van der Waals surface area contributed by atoms with Gasteiger partial charge in [-0.05, 0) is 62.4 Å². The zero-order valence-electron chi connectivity index (χ0n) is 15.7. The number of rotatable bonds is 4. The van der Waals surface area contributed by atoms with Gasteiger partial charge in [0.15, 0.2) is 5.69 Å². The van der Waals surface area contributed by atoms with Gasteiger partial charge >= 0.3 is 0 Å². The summed E-state index contributed by atoms with van der Waals surface area (Å²) in [4.78, 5) is 15.2. The number of benzene rings is 1. The van der Waals surface area contributed by atoms with Crippen LogP contribution in [0.25, 0.3) is 5.69 Å². The average Bonchev–Trinajstić information content (AvgIpc) is 3.24. The molecule has 144 valence electrons. The SMILES string of the molecule is CCCc1c(C(=O)N2CC[C@@H]3CNC[C@@H]3CC2)nnn1-c1cccc(Cl)c1. The first-order valence-electron chi connectivity index (χ1n) is 9.88. The molecule has 0 unspecified atom stereocenters. The molecule has 3 heterocycles. The van der Waals surface area contributed by atoms with Crippen molar-refractivity contribution in [3.05, 3.63) is 40.7 Å². The molecular formula is C20H26ClN5O. The number of hydrogen-bond acceptors (Lipinski definition) is 4. The van der Waals surface area contributed by atoms with Gasteiger partial charge in [-0.15, -0.1) is 5.10 Å². The smallest absolute Gasteiger partial charge is 0.276 e. The molecule has 0 spiro atoms. The lowest BCUT2D eigenvalue weighted by Crippen LogP contribution is -2.33. The number of amides is 1. The molecule has 0 radical (unpaired) electrons. The highest BCUT2D eigenvalue weighted by atomic mass is 35.5. The van der Waals surface area contributed by atoms with E-state index in [1.54, 1.807) is 4.68 Å². The molecule has 2 atom stereocenters. The van der Waals surface area contributed by atoms with Crippen LogP contribution >= 0.6 is 11.6 Å². The molecular weight excluding hydrogens is 362 g/mol. The quantitative estimate of drug-likeness (QED) is 0.876. The molecule has 1 N–H and O–H groups in total. The third kappa shape index (κ3) is 3.73. The summed E-state index contributed by atoms with van der Waals surface area (Å²) >= 11 is 6.14. The molecule has 2 fully saturated rings. The summed E-state index contributed by atoms with van der Waals surface area (Å²) in [5.74, 6) is 1.40. The summed E-state index contributed by atoms with van der Waals surface area (Å²) < 4.78 is 1.76. The Balaban J connectivity index is 1.60. The number of nitrogens with one attached hydrogen (secondary N) is 1. The summed E-state index contributed by atoms with van der Waals surface area (Å²) in [6, 6.07) is 7.51. The van der Waals surface area contributed by atoms with Crippen LogP contribution in [0.1, 0.15) is 42.4 Å². The van der Waals surface area contributed by atoms with Crippen LogP contribution in [0.4, 0.5) is 0 Å². The highest BCUT2D eigenvalue weighted by Crippen LogP contribution is 2.28. The Morgan fingerprint density at radius 2 is 2.00 bits per heavy atom. The monoisotopic (exact) mass is 387 g/mol. The van der Waals surface area contributed by atoms with E-state index in [0.29, 0.717) is 22.6 Å². The maximum atomic E-state index is 13.2. The predicted molar refractivity (Wildman–Crippen MR) is 105 cm³/mol. The van der Waals surface area contributed by atoms with Gasteiger partial charge in [0, 0.05) is 18.1 Å². The van der Waals surface area contributed by atoms with Gasteiger partial charge in [0.2, 0.25) is 0 Å². The summed E-state index contributed by atoms with van der Waals surface area (Å²) in [6.07, 6.45) is 3.80. The summed E-state index contributed by atoms with van der Waals surface area (Å²) in [6.45, 7) is 5.87. The van der Waals surface area contributed by atoms with Crippen molar-refractivity contribution in [1.82, 2.24) is 25.2 Å². The molecule has 1 amide bonds. The summed E-state index contributed by atoms with van der Waals surface area (Å²) in [5, 5.41) is 12.7. The van der Waals surface area contributed by atoms with Crippen molar-refractivity contribution in [3.63, 3.8) is 0 Å². The molecule has 2 aromatic rings. The van der Waals surface area contributed by atoms with Gasteiger partial charge in [-0.25, -0.2) is 4.68 Å². The highest BCUT2D eigenvalue weighted by molar-refractivity contribution is 6.30. The molecule has 1 aromatic heterocycles. The molecule has 2 saturated heterocycles. The molecule has 2 aliphatic heterocycles. The van der Waals surface area contributed by atoms with Crippen molar-refractivity contribution in [2.75, 3.05) is 26.2 Å². The van der Waals surface area contributed by atoms with E-state index in [1.807, 2.05) is 29.2 Å². The van der Waals surface area contributed by atoms with Crippen LogP contribution in [0.2, 0.25) is 5.02 Å². The number of likely N-dealkylation sites (tertiary alicyclic amines) is 1. The third-order valence-electron chi connectivity index (χ3n) is 5.81. The molecule has 4 rings (SSSR count). The number of hydrogen-bond donors (Lipinski definition) is 1. The zero-order valence-corrected chi connectivity index (χ0v) is 16.5. The van der Waals surface area contributed by atoms with Crippen molar-refractivity contribution in [2.45, 2.75) is 32.6 Å². The van der Waals surface area contributed by atoms with E-state index in [-0.39, 0.29) is 5.91 Å². The highest BCUT2D eigenvalue weighted by Gasteiger charge is 2.33. The molecule has 27 heavy (non-hydrogen) atoms. The largest absolute Gasteiger partial charge is 0.337 e. The van der Waals surface area contributed by atoms with Crippen molar-refractivity contribution in [1.29, 1.82) is 0 Å². The van der Waals surface area contributed by atoms with Crippen molar-refractivity contribution >= 4 is 17.5 Å². The van der Waals surface area contributed by atoms with E-state index in [2.05, 4.69) is 22.6 Å². The fourth-order valence-corrected chi connectivity index (χ4v) is 4.50. The maximum Gasteiger partial charge on any atom is 0.276 e. The van der Waals surface area contributed by atoms with Crippen LogP contribution in [0.3, 0.4) is 0 Å². The molecule has 7 heteroatoms. The van der Waals surface area contributed by atoms with Crippen molar-refractivity contribution < 1.29 is 4.79 Å². The van der Waals surface area contributed by atoms with Crippen molar-refractivity contribution in [3.8, 4) is 5.69 Å². The summed E-state index contributed by atoms with van der Waals surface area (Å²) in [7, 11) is 0. The van der Waals surface area contributed by atoms with Gasteiger partial charge < -0.3 is 10.2 Å². The molecule has 6 nitrogen and oxygen atoms in total. The first-order valence-corrected chi connectivity index (χ1v) is 10.3. The minimum Gasteiger partial charge on any atom is -0.337 e. The van der Waals surface area contributed by atoms with Crippen LogP contribution in [0.5, 0.6) is 0 Å². The first kappa shape index (κ1) is 18.4. The van der Waals surface area contributed by atoms with Crippen LogP contribution in [0.15, 0.2) is 24.3 Å². The lowest BCUT2D eigenvalue weighted by atomic mass is 9.92. The van der Waals surface area contributed by atoms with Crippen LogP contribution in [-0.2, 0) is 6.42 Å². The van der Waals surface area contributed by atoms with E-state index in [9.17, 15) is 4.79 Å². The Labute approximate surface area is 164 Å². The summed E-state index contributed by atoms with van der Waals surface area (Å²) in [5.41, 5.74) is 2.20. The van der Waals surface area contributed by atoms with Gasteiger partial charge in [0.1, 0.15) is 0 Å². The predicted octanol–water partition coefficient (Wildman–Crippen LogP) is 2.94. The second-order valence-electron chi connectivity index (χ2n) is 7.57. The maximum absolute atomic E-state index is 13.2. The number of nitrogens with zero attached hydrogens (tertiary/aromatic N) is 4. The number of carbonyl (C=O) groups is 1. The lowest BCUT2D eigenvalue weighted by molar-refractivity contribution is 0.0751. The number of carbonyl (C=O) groups excluding carboxylic acids is 1. The minimum atomic E-state index is 0.0136. The van der Waals surface area contributed by atoms with Gasteiger partial charge in [-0.1, -0.05) is 36.2 Å². The molecule has 0 bridgehead atoms. The Kier molecular flexibility index (Phi) is 5.45. The van der Waals surface area contributed by atoms with E-state index >= 15 is 0 Å². The third-order valence-corrected chi connectivity index (χ3v) is 6.05. The van der Waals surface area contributed by atoms with Crippen molar-refractivity contribution in [2.24, 2.45) is 11.8 Å². The topological polar surface area (TPSA) is 63.1 Å². The normalized spacial score (nSPS) is 22.5. The minimum absolute atomic E-state index is 0.0136. The average molecular weight is 388 g/mol. The van der Waals surface area contributed by atoms with E-state index in [1.165, 1.54) is 0 Å². The second kappa shape index (κ2) is 7.98. The first-order chi connectivity index (χ1) is 13.2. The van der Waals surface area contributed by atoms with E-state index in [0.717, 1.165) is 63.2 Å². The Hall–Kier alpha value is -1.92. The van der Waals surface area contributed by atoms with Gasteiger partial charge in [0.25, 0.3) is 5.91 Å². The van der Waals surface area contributed by atoms with Gasteiger partial charge in [0.05, 0.1) is 11.4 Å². The number of fused-ring (bicyclic) bond motifs is 1. The molecule has 0 aliphatic carbocycles. The van der Waals surface area contributed by atoms with Crippen LogP contribution < -0.4 is 5.32 Å². The Morgan fingerprint density at radius 1 is 1.26 bits per heavy atom. The lowest BCUT2D eigenvalue weighted by Gasteiger charge is -2.20. The van der Waals surface area contributed by atoms with Crippen LogP contribution in [0, 0.1) is 11.8 Å².